The summed E-state index contributed by atoms with van der Waals surface area (Å²) in [4.78, 5) is 23.5. The van der Waals surface area contributed by atoms with Gasteiger partial charge in [-0.3, -0.25) is 0 Å². The fourth-order valence-corrected chi connectivity index (χ4v) is 7.12. The largest absolute Gasteiger partial charge is 0.472 e. The maximum absolute atomic E-state index is 12.1. The van der Waals surface area contributed by atoms with Crippen molar-refractivity contribution in [3.63, 3.8) is 0 Å². The zero-order valence-corrected chi connectivity index (χ0v) is 19.1. The lowest BCUT2D eigenvalue weighted by molar-refractivity contribution is -0.491. The van der Waals surface area contributed by atoms with Gasteiger partial charge < -0.3 is 24.1 Å². The molecule has 0 aromatic carbocycles. The van der Waals surface area contributed by atoms with Crippen LogP contribution in [0.4, 0.5) is 0 Å². The van der Waals surface area contributed by atoms with Crippen LogP contribution in [-0.2, 0) is 24.0 Å². The van der Waals surface area contributed by atoms with Gasteiger partial charge >= 0.3 is 5.97 Å². The van der Waals surface area contributed by atoms with Gasteiger partial charge in [0.1, 0.15) is 11.2 Å². The van der Waals surface area contributed by atoms with E-state index in [1.807, 2.05) is 26.8 Å². The summed E-state index contributed by atoms with van der Waals surface area (Å²) in [6.07, 6.45) is 10.0. The summed E-state index contributed by atoms with van der Waals surface area (Å²) < 4.78 is 16.9. The number of carbonyl (C=O) groups is 1. The molecule has 4 heterocycles. The molecule has 3 fully saturated rings. The smallest absolute Gasteiger partial charge is 0.331 e. The fourth-order valence-electron chi connectivity index (χ4n) is 7.12. The van der Waals surface area contributed by atoms with Gasteiger partial charge in [0.15, 0.2) is 6.29 Å². The summed E-state index contributed by atoms with van der Waals surface area (Å²) >= 11 is 0. The fraction of sp³-hybridized carbons (Fsp3) is 0.640. The number of rotatable bonds is 3. The highest BCUT2D eigenvalue weighted by molar-refractivity contribution is 5.83. The second-order valence-electron chi connectivity index (χ2n) is 11.1. The van der Waals surface area contributed by atoms with Gasteiger partial charge in [-0.2, -0.15) is 0 Å². The van der Waals surface area contributed by atoms with E-state index in [4.69, 9.17) is 23.7 Å². The number of esters is 1. The number of aliphatic hydroxyl groups is 2. The van der Waals surface area contributed by atoms with Crippen LogP contribution in [-0.4, -0.2) is 39.5 Å². The van der Waals surface area contributed by atoms with Gasteiger partial charge in [0.2, 0.25) is 5.79 Å². The molecule has 2 N–H and O–H groups in total. The molecule has 1 aromatic rings. The molecule has 2 aliphatic carbocycles. The van der Waals surface area contributed by atoms with Crippen LogP contribution in [0.3, 0.4) is 0 Å². The van der Waals surface area contributed by atoms with Crippen molar-refractivity contribution in [2.75, 3.05) is 0 Å². The summed E-state index contributed by atoms with van der Waals surface area (Å²) in [6.45, 7) is 5.47. The van der Waals surface area contributed by atoms with E-state index in [1.54, 1.807) is 18.6 Å². The number of cyclic esters (lactones) is 1. The van der Waals surface area contributed by atoms with Crippen LogP contribution < -0.4 is 0 Å². The summed E-state index contributed by atoms with van der Waals surface area (Å²) in [7, 11) is 0. The number of hydrogen-bond acceptors (Lipinski definition) is 8. The average molecular weight is 459 g/mol. The minimum Gasteiger partial charge on any atom is -0.472 e. The highest BCUT2D eigenvalue weighted by Gasteiger charge is 2.81. The van der Waals surface area contributed by atoms with E-state index < -0.39 is 34.7 Å². The van der Waals surface area contributed by atoms with Crippen molar-refractivity contribution in [1.29, 1.82) is 0 Å². The normalized spacial score (nSPS) is 47.6. The third-order valence-electron chi connectivity index (χ3n) is 8.76. The van der Waals surface area contributed by atoms with E-state index in [2.05, 4.69) is 6.08 Å². The van der Waals surface area contributed by atoms with Crippen LogP contribution in [0, 0.1) is 16.7 Å². The Kier molecular flexibility index (Phi) is 4.30. The first-order chi connectivity index (χ1) is 15.5. The quantitative estimate of drug-likeness (QED) is 0.403. The molecule has 0 spiro atoms. The Morgan fingerprint density at radius 1 is 1.21 bits per heavy atom. The summed E-state index contributed by atoms with van der Waals surface area (Å²) in [5, 5.41) is 22.6. The first-order valence-corrected chi connectivity index (χ1v) is 11.6. The molecule has 7 atom stereocenters. The van der Waals surface area contributed by atoms with E-state index in [1.165, 1.54) is 6.08 Å². The van der Waals surface area contributed by atoms with Crippen LogP contribution in [0.25, 0.3) is 0 Å². The van der Waals surface area contributed by atoms with Crippen LogP contribution in [0.1, 0.15) is 64.5 Å². The molecule has 1 saturated carbocycles. The predicted octanol–water partition coefficient (Wildman–Crippen LogP) is 3.46. The van der Waals surface area contributed by atoms with Crippen molar-refractivity contribution in [2.45, 2.75) is 82.3 Å². The first kappa shape index (κ1) is 21.6. The van der Waals surface area contributed by atoms with E-state index in [0.717, 1.165) is 30.4 Å². The Bertz CT molecular complexity index is 1040. The van der Waals surface area contributed by atoms with Gasteiger partial charge in [0, 0.05) is 35.8 Å². The van der Waals surface area contributed by atoms with E-state index in [0.29, 0.717) is 0 Å². The number of furan rings is 1. The van der Waals surface area contributed by atoms with Crippen molar-refractivity contribution in [2.24, 2.45) is 16.7 Å². The second kappa shape index (κ2) is 6.58. The van der Waals surface area contributed by atoms with Gasteiger partial charge in [-0.05, 0) is 52.2 Å². The molecule has 6 rings (SSSR count). The van der Waals surface area contributed by atoms with Crippen molar-refractivity contribution in [3.05, 3.63) is 48.0 Å². The van der Waals surface area contributed by atoms with E-state index in [9.17, 15) is 15.0 Å². The highest BCUT2D eigenvalue weighted by atomic mass is 17.2. The molecule has 8 nitrogen and oxygen atoms in total. The number of carbonyl (C=O) groups excluding carboxylic acids is 1. The monoisotopic (exact) mass is 458 g/mol. The van der Waals surface area contributed by atoms with Crippen LogP contribution >= 0.6 is 0 Å². The zero-order chi connectivity index (χ0) is 23.3. The molecular formula is C25H30O8. The summed E-state index contributed by atoms with van der Waals surface area (Å²) in [6, 6.07) is 1.88. The number of ether oxygens (including phenoxy) is 2. The van der Waals surface area contributed by atoms with Crippen LogP contribution in [0.15, 0.2) is 46.8 Å². The van der Waals surface area contributed by atoms with Gasteiger partial charge in [-0.25, -0.2) is 14.6 Å². The third-order valence-corrected chi connectivity index (χ3v) is 8.76. The van der Waals surface area contributed by atoms with Crippen molar-refractivity contribution >= 4 is 5.97 Å². The third kappa shape index (κ3) is 2.85. The molecule has 5 aliphatic rings. The molecule has 8 heteroatoms. The van der Waals surface area contributed by atoms with E-state index >= 15 is 0 Å². The number of fused-ring (bicyclic) bond motifs is 1. The SMILES string of the molecule is CC1(C)OC(=O)C=C[C@]2(C)OO[C@@](O)(CC3=CCC[C@]45C[C@]34[C@H](O)O[C@H]5c3ccoc3)C[C@@H]12. The minimum atomic E-state index is -1.63. The lowest BCUT2D eigenvalue weighted by Crippen LogP contribution is -2.57. The van der Waals surface area contributed by atoms with Crippen molar-refractivity contribution in [3.8, 4) is 0 Å². The van der Waals surface area contributed by atoms with Gasteiger partial charge in [-0.15, -0.1) is 0 Å². The Balaban J connectivity index is 1.29. The second-order valence-corrected chi connectivity index (χ2v) is 11.1. The standard InChI is InChI=1S/C25H30O8/c1-21(2)17-12-24(28,33-32-22(17,3)9-6-18(26)31-21)11-16-5-4-8-23-14-25(16,23)20(27)30-19(23)15-7-10-29-13-15/h5-7,9-10,13,17,19-20,27-28H,4,8,11-12,14H2,1-3H3/t17-,19-,20+,22-,23+,24-,25+/m0/s1. The molecule has 0 amide bonds. The van der Waals surface area contributed by atoms with Crippen molar-refractivity contribution in [1.82, 2.24) is 0 Å². The van der Waals surface area contributed by atoms with Crippen LogP contribution in [0.2, 0.25) is 0 Å². The lowest BCUT2D eigenvalue weighted by atomic mass is 9.70. The Labute approximate surface area is 192 Å². The Morgan fingerprint density at radius 2 is 2.03 bits per heavy atom. The molecule has 3 aliphatic heterocycles. The van der Waals surface area contributed by atoms with E-state index in [-0.39, 0.29) is 30.3 Å². The van der Waals surface area contributed by atoms with Gasteiger partial charge in [-0.1, -0.05) is 11.6 Å². The Hall–Kier alpha value is -1.97. The highest BCUT2D eigenvalue weighted by Crippen LogP contribution is 2.83. The Morgan fingerprint density at radius 3 is 2.79 bits per heavy atom. The summed E-state index contributed by atoms with van der Waals surface area (Å²) in [5.41, 5.74) is -0.722. The molecule has 0 radical (unpaired) electrons. The maximum atomic E-state index is 12.1. The molecule has 0 unspecified atom stereocenters. The number of aliphatic hydroxyl groups excluding tert-OH is 1. The number of allylic oxidation sites excluding steroid dienone is 1. The molecule has 33 heavy (non-hydrogen) atoms. The predicted molar refractivity (Wildman–Crippen MR) is 113 cm³/mol. The first-order valence-electron chi connectivity index (χ1n) is 11.6. The van der Waals surface area contributed by atoms with Crippen molar-refractivity contribution < 1.29 is 38.7 Å². The maximum Gasteiger partial charge on any atom is 0.331 e. The number of hydrogen-bond donors (Lipinski definition) is 2. The molecule has 178 valence electrons. The molecular weight excluding hydrogens is 428 g/mol. The lowest BCUT2D eigenvalue weighted by Gasteiger charge is -2.49. The molecule has 2 saturated heterocycles. The van der Waals surface area contributed by atoms with Gasteiger partial charge in [0.05, 0.1) is 24.0 Å². The summed E-state index contributed by atoms with van der Waals surface area (Å²) in [5.74, 6) is -2.43. The molecule has 0 bridgehead atoms. The minimum absolute atomic E-state index is 0.174. The average Bonchev–Trinajstić information content (AvgIpc) is 3.08. The zero-order valence-electron chi connectivity index (χ0n) is 19.1. The van der Waals surface area contributed by atoms with Crippen LogP contribution in [0.5, 0.6) is 0 Å². The topological polar surface area (TPSA) is 108 Å². The molecule has 1 aromatic heterocycles. The van der Waals surface area contributed by atoms with Gasteiger partial charge in [0.25, 0.3) is 0 Å².